The first-order chi connectivity index (χ1) is 11.4. The van der Waals surface area contributed by atoms with Gasteiger partial charge in [0.1, 0.15) is 0 Å². The van der Waals surface area contributed by atoms with Gasteiger partial charge in [-0.2, -0.15) is 0 Å². The first-order valence-corrected chi connectivity index (χ1v) is 7.63. The van der Waals surface area contributed by atoms with E-state index >= 15 is 0 Å². The molecule has 0 saturated heterocycles. The van der Waals surface area contributed by atoms with Gasteiger partial charge in [-0.05, 0) is 0 Å². The van der Waals surface area contributed by atoms with Crippen LogP contribution < -0.4 is 21.3 Å². The zero-order valence-electron chi connectivity index (χ0n) is 14.8. The molecule has 0 radical (unpaired) electrons. The van der Waals surface area contributed by atoms with Crippen LogP contribution in [-0.2, 0) is 19.2 Å². The summed E-state index contributed by atoms with van der Waals surface area (Å²) < 4.78 is 0. The molecule has 0 aliphatic carbocycles. The van der Waals surface area contributed by atoms with Gasteiger partial charge in [0, 0.05) is 41.3 Å². The number of carbonyl (C=O) groups excluding carboxylic acids is 4. The summed E-state index contributed by atoms with van der Waals surface area (Å²) in [6, 6.07) is 0. The normalized spacial score (nSPS) is 10.4. The number of nitrogens with one attached hydrogen (secondary N) is 4. The van der Waals surface area contributed by atoms with E-state index in [9.17, 15) is 19.2 Å². The second kappa shape index (κ2) is 12.3. The van der Waals surface area contributed by atoms with E-state index in [1.807, 2.05) is 0 Å². The predicted octanol–water partition coefficient (Wildman–Crippen LogP) is -3.43. The molecule has 4 amide bonds. The van der Waals surface area contributed by atoms with E-state index in [2.05, 4.69) is 21.3 Å². The molecule has 0 atom stereocenters. The maximum Gasteiger partial charge on any atom is 0.233 e. The van der Waals surface area contributed by atoms with E-state index in [4.69, 9.17) is 0 Å². The Hall–Kier alpha value is -2.20. The maximum absolute atomic E-state index is 11.6. The Morgan fingerprint density at radius 1 is 0.542 bits per heavy atom. The summed E-state index contributed by atoms with van der Waals surface area (Å²) in [5.41, 5.74) is 0. The summed E-state index contributed by atoms with van der Waals surface area (Å²) in [6.07, 6.45) is 0. The largest absolute Gasteiger partial charge is 0.358 e. The third-order valence-corrected chi connectivity index (χ3v) is 3.32. The Morgan fingerprint density at radius 3 is 0.917 bits per heavy atom. The van der Waals surface area contributed by atoms with Gasteiger partial charge in [0.2, 0.25) is 23.6 Å². The van der Waals surface area contributed by atoms with E-state index in [0.29, 0.717) is 13.1 Å². The standard InChI is InChI=1S/C14H28N6O4/c1-15-11(21)7-19(8-12(22)16-2)5-6-20(9-13(23)17-3)10-14(24)18-4/h5-10H2,1-4H3,(H,15,21)(H,16,22)(H,17,23)(H,18,24). The lowest BCUT2D eigenvalue weighted by molar-refractivity contribution is -0.127. The molecule has 4 N–H and O–H groups in total. The van der Waals surface area contributed by atoms with Gasteiger partial charge in [-0.15, -0.1) is 0 Å². The fraction of sp³-hybridized carbons (Fsp3) is 0.714. The predicted molar refractivity (Wildman–Crippen MR) is 89.1 cm³/mol. The van der Waals surface area contributed by atoms with Gasteiger partial charge in [-0.3, -0.25) is 29.0 Å². The second-order valence-corrected chi connectivity index (χ2v) is 5.11. The molecule has 0 spiro atoms. The minimum atomic E-state index is -0.219. The van der Waals surface area contributed by atoms with Gasteiger partial charge < -0.3 is 21.3 Å². The van der Waals surface area contributed by atoms with E-state index in [1.54, 1.807) is 9.80 Å². The number of nitrogens with zero attached hydrogens (tertiary/aromatic N) is 2. The van der Waals surface area contributed by atoms with Crippen LogP contribution in [0.1, 0.15) is 0 Å². The lowest BCUT2D eigenvalue weighted by Gasteiger charge is -2.26. The minimum absolute atomic E-state index is 0.0533. The molecule has 10 heteroatoms. The molecule has 138 valence electrons. The van der Waals surface area contributed by atoms with Crippen molar-refractivity contribution >= 4 is 23.6 Å². The molecule has 0 bridgehead atoms. The Morgan fingerprint density at radius 2 is 0.750 bits per heavy atom. The Labute approximate surface area is 142 Å². The molecule has 0 saturated carbocycles. The number of likely N-dealkylation sites (N-methyl/N-ethyl adjacent to an activating group) is 4. The van der Waals surface area contributed by atoms with Crippen LogP contribution in [0.2, 0.25) is 0 Å². The molecule has 0 aliphatic heterocycles. The van der Waals surface area contributed by atoms with Gasteiger partial charge in [0.15, 0.2) is 0 Å². The highest BCUT2D eigenvalue weighted by atomic mass is 16.2. The van der Waals surface area contributed by atoms with Crippen LogP contribution in [0.5, 0.6) is 0 Å². The molecule has 0 aromatic carbocycles. The Bertz CT molecular complexity index is 367. The second-order valence-electron chi connectivity index (χ2n) is 5.11. The first-order valence-electron chi connectivity index (χ1n) is 7.63. The van der Waals surface area contributed by atoms with Crippen LogP contribution in [-0.4, -0.2) is 101 Å². The zero-order valence-corrected chi connectivity index (χ0v) is 14.8. The smallest absolute Gasteiger partial charge is 0.233 e. The van der Waals surface area contributed by atoms with Crippen LogP contribution in [0.3, 0.4) is 0 Å². The lowest BCUT2D eigenvalue weighted by Crippen LogP contribution is -2.47. The Kier molecular flexibility index (Phi) is 11.1. The lowest BCUT2D eigenvalue weighted by atomic mass is 10.3. The van der Waals surface area contributed by atoms with Crippen molar-refractivity contribution in [1.82, 2.24) is 31.1 Å². The molecule has 0 aliphatic rings. The van der Waals surface area contributed by atoms with Gasteiger partial charge in [0.25, 0.3) is 0 Å². The van der Waals surface area contributed by atoms with Gasteiger partial charge >= 0.3 is 0 Å². The van der Waals surface area contributed by atoms with Crippen molar-refractivity contribution in [3.63, 3.8) is 0 Å². The van der Waals surface area contributed by atoms with Gasteiger partial charge in [-0.25, -0.2) is 0 Å². The van der Waals surface area contributed by atoms with Crippen molar-refractivity contribution in [3.8, 4) is 0 Å². The van der Waals surface area contributed by atoms with Crippen molar-refractivity contribution in [3.05, 3.63) is 0 Å². The zero-order chi connectivity index (χ0) is 18.5. The summed E-state index contributed by atoms with van der Waals surface area (Å²) in [5.74, 6) is -0.878. The number of carbonyl (C=O) groups is 4. The van der Waals surface area contributed by atoms with Crippen molar-refractivity contribution < 1.29 is 19.2 Å². The van der Waals surface area contributed by atoms with E-state index < -0.39 is 0 Å². The summed E-state index contributed by atoms with van der Waals surface area (Å²) in [7, 11) is 6.07. The average Bonchev–Trinajstić information content (AvgIpc) is 2.58. The average molecular weight is 344 g/mol. The van der Waals surface area contributed by atoms with Crippen LogP contribution >= 0.6 is 0 Å². The third kappa shape index (κ3) is 9.74. The van der Waals surface area contributed by atoms with Crippen LogP contribution in [0.15, 0.2) is 0 Å². The fourth-order valence-corrected chi connectivity index (χ4v) is 1.84. The van der Waals surface area contributed by atoms with Crippen molar-refractivity contribution in [2.24, 2.45) is 0 Å². The first kappa shape index (κ1) is 21.8. The summed E-state index contributed by atoms with van der Waals surface area (Å²) >= 11 is 0. The quantitative estimate of drug-likeness (QED) is 0.309. The molecule has 10 nitrogen and oxygen atoms in total. The molecule has 24 heavy (non-hydrogen) atoms. The molecule has 0 aromatic rings. The van der Waals surface area contributed by atoms with Crippen molar-refractivity contribution in [2.45, 2.75) is 0 Å². The van der Waals surface area contributed by atoms with Gasteiger partial charge in [-0.1, -0.05) is 0 Å². The van der Waals surface area contributed by atoms with Crippen molar-refractivity contribution in [1.29, 1.82) is 0 Å². The monoisotopic (exact) mass is 344 g/mol. The fourth-order valence-electron chi connectivity index (χ4n) is 1.84. The summed E-state index contributed by atoms with van der Waals surface area (Å²) in [6.45, 7) is 0.925. The van der Waals surface area contributed by atoms with Crippen molar-refractivity contribution in [2.75, 3.05) is 67.5 Å². The maximum atomic E-state index is 11.6. The summed E-state index contributed by atoms with van der Waals surface area (Å²) in [4.78, 5) is 49.5. The van der Waals surface area contributed by atoms with Crippen LogP contribution in [0.4, 0.5) is 0 Å². The summed E-state index contributed by atoms with van der Waals surface area (Å²) in [5, 5.41) is 10.0. The highest BCUT2D eigenvalue weighted by Crippen LogP contribution is 1.94. The molecule has 0 unspecified atom stereocenters. The number of hydrogen-bond donors (Lipinski definition) is 4. The highest BCUT2D eigenvalue weighted by molar-refractivity contribution is 5.81. The van der Waals surface area contributed by atoms with E-state index in [0.717, 1.165) is 0 Å². The number of hydrogen-bond acceptors (Lipinski definition) is 6. The van der Waals surface area contributed by atoms with E-state index in [-0.39, 0.29) is 49.8 Å². The van der Waals surface area contributed by atoms with Crippen LogP contribution in [0, 0.1) is 0 Å². The topological polar surface area (TPSA) is 123 Å². The van der Waals surface area contributed by atoms with Crippen LogP contribution in [0.25, 0.3) is 0 Å². The molecule has 0 fully saturated rings. The Balaban J connectivity index is 4.78. The molecule has 0 heterocycles. The number of amides is 4. The molecule has 0 rings (SSSR count). The molecular formula is C14H28N6O4. The highest BCUT2D eigenvalue weighted by Gasteiger charge is 2.17. The third-order valence-electron chi connectivity index (χ3n) is 3.32. The molecular weight excluding hydrogens is 316 g/mol. The minimum Gasteiger partial charge on any atom is -0.358 e. The van der Waals surface area contributed by atoms with Gasteiger partial charge in [0.05, 0.1) is 26.2 Å². The molecule has 0 aromatic heterocycles. The van der Waals surface area contributed by atoms with E-state index in [1.165, 1.54) is 28.2 Å². The number of rotatable bonds is 11. The SMILES string of the molecule is CNC(=O)CN(CCN(CC(=O)NC)CC(=O)NC)CC(=O)NC.